The molecule has 2 aliphatic rings. The van der Waals surface area contributed by atoms with Gasteiger partial charge in [0, 0.05) is 18.5 Å². The van der Waals surface area contributed by atoms with E-state index in [0.717, 1.165) is 12.1 Å². The summed E-state index contributed by atoms with van der Waals surface area (Å²) in [6.07, 6.45) is 12.1. The van der Waals surface area contributed by atoms with Crippen LogP contribution in [-0.4, -0.2) is 24.0 Å². The monoisotopic (exact) mass is 401 g/mol. The summed E-state index contributed by atoms with van der Waals surface area (Å²) in [6, 6.07) is 17.1. The Morgan fingerprint density at radius 1 is 0.933 bits per heavy atom. The van der Waals surface area contributed by atoms with Gasteiger partial charge in [-0.3, -0.25) is 4.79 Å². The first-order chi connectivity index (χ1) is 14.7. The minimum atomic E-state index is 0.143. The largest absolute Gasteiger partial charge is 0.373 e. The highest BCUT2D eigenvalue weighted by molar-refractivity contribution is 5.88. The minimum Gasteiger partial charge on any atom is -0.373 e. The van der Waals surface area contributed by atoms with Crippen molar-refractivity contribution < 1.29 is 9.53 Å². The summed E-state index contributed by atoms with van der Waals surface area (Å²) in [5.41, 5.74) is 4.93. The van der Waals surface area contributed by atoms with E-state index in [0.29, 0.717) is 19.8 Å². The van der Waals surface area contributed by atoms with Gasteiger partial charge < -0.3 is 9.64 Å². The van der Waals surface area contributed by atoms with E-state index in [1.807, 2.05) is 11.0 Å². The van der Waals surface area contributed by atoms with Crippen LogP contribution in [0.15, 0.2) is 73.3 Å². The second kappa shape index (κ2) is 9.44. The lowest BCUT2D eigenvalue weighted by Gasteiger charge is -2.41. The van der Waals surface area contributed by atoms with Crippen molar-refractivity contribution in [1.29, 1.82) is 0 Å². The summed E-state index contributed by atoms with van der Waals surface area (Å²) < 4.78 is 5.50. The van der Waals surface area contributed by atoms with Gasteiger partial charge in [0.25, 0.3) is 0 Å². The SMILES string of the molecule is C=CCOCc1ccc(-c2ccc(CN3CC4(C=CC3=O)CCCCC4)cc2)cc1. The second-order valence-corrected chi connectivity index (χ2v) is 8.65. The number of rotatable bonds is 7. The van der Waals surface area contributed by atoms with Gasteiger partial charge in [-0.05, 0) is 41.2 Å². The fourth-order valence-electron chi connectivity index (χ4n) is 4.66. The number of amides is 1. The average Bonchev–Trinajstić information content (AvgIpc) is 2.78. The molecule has 0 radical (unpaired) electrons. The summed E-state index contributed by atoms with van der Waals surface area (Å²) in [6.45, 7) is 6.38. The van der Waals surface area contributed by atoms with Crippen LogP contribution in [0.5, 0.6) is 0 Å². The highest BCUT2D eigenvalue weighted by Crippen LogP contribution is 2.40. The van der Waals surface area contributed by atoms with Crippen LogP contribution in [0.2, 0.25) is 0 Å². The van der Waals surface area contributed by atoms with E-state index in [4.69, 9.17) is 4.74 Å². The van der Waals surface area contributed by atoms with Gasteiger partial charge in [-0.1, -0.05) is 79.9 Å². The van der Waals surface area contributed by atoms with Crippen LogP contribution in [0.1, 0.15) is 43.2 Å². The van der Waals surface area contributed by atoms with Crippen LogP contribution in [0.25, 0.3) is 11.1 Å². The summed E-state index contributed by atoms with van der Waals surface area (Å²) in [5.74, 6) is 0.143. The molecule has 0 unspecified atom stereocenters. The summed E-state index contributed by atoms with van der Waals surface area (Å²) in [5, 5.41) is 0. The predicted molar refractivity (Wildman–Crippen MR) is 122 cm³/mol. The average molecular weight is 402 g/mol. The lowest BCUT2D eigenvalue weighted by atomic mass is 9.72. The van der Waals surface area contributed by atoms with E-state index in [2.05, 4.69) is 61.2 Å². The molecule has 2 aromatic rings. The third-order valence-electron chi connectivity index (χ3n) is 6.37. The zero-order valence-corrected chi connectivity index (χ0v) is 17.7. The molecular weight excluding hydrogens is 370 g/mol. The minimum absolute atomic E-state index is 0.143. The molecule has 30 heavy (non-hydrogen) atoms. The normalized spacial score (nSPS) is 18.0. The second-order valence-electron chi connectivity index (χ2n) is 8.65. The van der Waals surface area contributed by atoms with Gasteiger partial charge in [0.05, 0.1) is 13.2 Å². The number of hydrogen-bond acceptors (Lipinski definition) is 2. The number of hydrogen-bond donors (Lipinski definition) is 0. The smallest absolute Gasteiger partial charge is 0.246 e. The molecule has 156 valence electrons. The first-order valence-corrected chi connectivity index (χ1v) is 11.0. The molecule has 0 atom stereocenters. The van der Waals surface area contributed by atoms with Crippen molar-refractivity contribution in [1.82, 2.24) is 4.90 Å². The molecule has 4 rings (SSSR count). The molecule has 1 amide bonds. The standard InChI is InChI=1S/C27H31NO2/c1-2-18-30-20-23-8-12-25(13-9-23)24-10-6-22(7-11-24)19-28-21-27(17-14-26(28)29)15-4-3-5-16-27/h2,6-14,17H,1,3-5,15-16,18-21H2. The maximum Gasteiger partial charge on any atom is 0.246 e. The van der Waals surface area contributed by atoms with Crippen molar-refractivity contribution in [3.63, 3.8) is 0 Å². The van der Waals surface area contributed by atoms with Crippen LogP contribution in [0.3, 0.4) is 0 Å². The third-order valence-corrected chi connectivity index (χ3v) is 6.37. The van der Waals surface area contributed by atoms with Gasteiger partial charge in [-0.2, -0.15) is 0 Å². The molecule has 1 saturated carbocycles. The quantitative estimate of drug-likeness (QED) is 0.427. The fraction of sp³-hybridized carbons (Fsp3) is 0.370. The molecule has 1 spiro atoms. The van der Waals surface area contributed by atoms with Crippen LogP contribution in [0.4, 0.5) is 0 Å². The predicted octanol–water partition coefficient (Wildman–Crippen LogP) is 5.91. The Kier molecular flexibility index (Phi) is 6.49. The zero-order chi connectivity index (χ0) is 20.8. The van der Waals surface area contributed by atoms with Crippen LogP contribution >= 0.6 is 0 Å². The molecule has 1 aliphatic carbocycles. The van der Waals surface area contributed by atoms with Crippen LogP contribution in [-0.2, 0) is 22.7 Å². The van der Waals surface area contributed by atoms with E-state index < -0.39 is 0 Å². The zero-order valence-electron chi connectivity index (χ0n) is 17.7. The van der Waals surface area contributed by atoms with Gasteiger partial charge in [0.1, 0.15) is 0 Å². The molecule has 1 aliphatic heterocycles. The van der Waals surface area contributed by atoms with Gasteiger partial charge in [0.15, 0.2) is 0 Å². The molecule has 3 heteroatoms. The number of carbonyl (C=O) groups is 1. The van der Waals surface area contributed by atoms with E-state index in [1.54, 1.807) is 6.08 Å². The van der Waals surface area contributed by atoms with E-state index in [-0.39, 0.29) is 11.3 Å². The highest BCUT2D eigenvalue weighted by Gasteiger charge is 2.35. The van der Waals surface area contributed by atoms with Crippen molar-refractivity contribution in [2.24, 2.45) is 5.41 Å². The van der Waals surface area contributed by atoms with Crippen molar-refractivity contribution in [3.05, 3.63) is 84.5 Å². The molecule has 0 aromatic heterocycles. The topological polar surface area (TPSA) is 29.5 Å². The van der Waals surface area contributed by atoms with Crippen molar-refractivity contribution in [2.45, 2.75) is 45.3 Å². The Morgan fingerprint density at radius 2 is 1.57 bits per heavy atom. The maximum absolute atomic E-state index is 12.5. The Bertz CT molecular complexity index is 889. The maximum atomic E-state index is 12.5. The lowest BCUT2D eigenvalue weighted by Crippen LogP contribution is -2.43. The number of ether oxygens (including phenoxy) is 1. The Morgan fingerprint density at radius 3 is 2.20 bits per heavy atom. The van der Waals surface area contributed by atoms with Crippen LogP contribution < -0.4 is 0 Å². The summed E-state index contributed by atoms with van der Waals surface area (Å²) >= 11 is 0. The Hall–Kier alpha value is -2.65. The Balaban J connectivity index is 1.39. The van der Waals surface area contributed by atoms with Gasteiger partial charge >= 0.3 is 0 Å². The molecule has 1 fully saturated rings. The molecule has 1 heterocycles. The number of carbonyl (C=O) groups excluding carboxylic acids is 1. The van der Waals surface area contributed by atoms with E-state index in [9.17, 15) is 4.79 Å². The first kappa shape index (κ1) is 20.6. The molecular formula is C27H31NO2. The third kappa shape index (κ3) is 4.91. The molecule has 0 saturated heterocycles. The molecule has 0 N–H and O–H groups in total. The molecule has 3 nitrogen and oxygen atoms in total. The van der Waals surface area contributed by atoms with Crippen molar-refractivity contribution in [2.75, 3.05) is 13.2 Å². The number of benzene rings is 2. The lowest BCUT2D eigenvalue weighted by molar-refractivity contribution is -0.129. The Labute approximate surface area is 180 Å². The molecule has 2 aromatic carbocycles. The van der Waals surface area contributed by atoms with Crippen molar-refractivity contribution >= 4 is 5.91 Å². The first-order valence-electron chi connectivity index (χ1n) is 11.0. The molecule has 0 bridgehead atoms. The summed E-state index contributed by atoms with van der Waals surface area (Å²) in [7, 11) is 0. The van der Waals surface area contributed by atoms with Gasteiger partial charge in [-0.15, -0.1) is 6.58 Å². The van der Waals surface area contributed by atoms with Crippen LogP contribution in [0, 0.1) is 5.41 Å². The van der Waals surface area contributed by atoms with Crippen molar-refractivity contribution in [3.8, 4) is 11.1 Å². The number of nitrogens with zero attached hydrogens (tertiary/aromatic N) is 1. The van der Waals surface area contributed by atoms with Gasteiger partial charge in [-0.25, -0.2) is 0 Å². The van der Waals surface area contributed by atoms with Gasteiger partial charge in [0.2, 0.25) is 5.91 Å². The fourth-order valence-corrected chi connectivity index (χ4v) is 4.66. The van der Waals surface area contributed by atoms with E-state index in [1.165, 1.54) is 48.8 Å². The highest BCUT2D eigenvalue weighted by atomic mass is 16.5. The summed E-state index contributed by atoms with van der Waals surface area (Å²) in [4.78, 5) is 14.5. The van der Waals surface area contributed by atoms with E-state index >= 15 is 0 Å².